The Morgan fingerprint density at radius 1 is 1.23 bits per heavy atom. The number of imide groups is 1. The van der Waals surface area contributed by atoms with Crippen molar-refractivity contribution in [2.45, 2.75) is 105 Å². The second-order valence-corrected chi connectivity index (χ2v) is 15.7. The summed E-state index contributed by atoms with van der Waals surface area (Å²) >= 11 is 0. The van der Waals surface area contributed by atoms with Crippen molar-refractivity contribution in [2.24, 2.45) is 23.7 Å². The van der Waals surface area contributed by atoms with Crippen LogP contribution in [-0.4, -0.2) is 55.2 Å². The Bertz CT molecular complexity index is 601. The SMILES string of the molecule is CC[C@H](C)[C@@H](O[Si](C)(C)C(C)(C)C)[C@H](C)[C@@H](O)[C@H](C)C(=O)N1C(=O)OC[C@@H]1C(C)C. The van der Waals surface area contributed by atoms with Crippen LogP contribution in [-0.2, 0) is 14.0 Å². The third-order valence-corrected chi connectivity index (χ3v) is 11.8. The van der Waals surface area contributed by atoms with Crippen molar-refractivity contribution in [1.29, 1.82) is 0 Å². The van der Waals surface area contributed by atoms with Crippen LogP contribution in [0.5, 0.6) is 0 Å². The van der Waals surface area contributed by atoms with Gasteiger partial charge in [0.15, 0.2) is 8.32 Å². The quantitative estimate of drug-likeness (QED) is 0.504. The molecule has 0 unspecified atom stereocenters. The Morgan fingerprint density at radius 3 is 2.20 bits per heavy atom. The molecule has 7 heteroatoms. The Hall–Kier alpha value is -0.923. The van der Waals surface area contributed by atoms with Crippen molar-refractivity contribution in [2.75, 3.05) is 6.61 Å². The van der Waals surface area contributed by atoms with Crippen LogP contribution in [0.25, 0.3) is 0 Å². The molecule has 176 valence electrons. The molecule has 1 aliphatic heterocycles. The van der Waals surface area contributed by atoms with Gasteiger partial charge in [0.25, 0.3) is 0 Å². The molecule has 0 bridgehead atoms. The number of nitrogens with zero attached hydrogens (tertiary/aromatic N) is 1. The molecular formula is C23H45NO5Si. The Balaban J connectivity index is 3.08. The van der Waals surface area contributed by atoms with Crippen molar-refractivity contribution in [3.05, 3.63) is 0 Å². The zero-order valence-corrected chi connectivity index (χ0v) is 22.0. The van der Waals surface area contributed by atoms with E-state index in [1.54, 1.807) is 6.92 Å². The molecular weight excluding hydrogens is 398 g/mol. The smallest absolute Gasteiger partial charge is 0.416 e. The third-order valence-electron chi connectivity index (χ3n) is 7.31. The molecule has 1 aliphatic rings. The minimum atomic E-state index is -2.06. The maximum atomic E-state index is 13.2. The molecule has 1 N–H and O–H groups in total. The van der Waals surface area contributed by atoms with E-state index in [-0.39, 0.29) is 47.5 Å². The monoisotopic (exact) mass is 443 g/mol. The molecule has 0 aromatic carbocycles. The predicted octanol–water partition coefficient (Wildman–Crippen LogP) is 5.06. The molecule has 0 saturated carbocycles. The number of rotatable bonds is 9. The number of cyclic esters (lactones) is 1. The van der Waals surface area contributed by atoms with Crippen molar-refractivity contribution >= 4 is 20.3 Å². The molecule has 1 heterocycles. The van der Waals surface area contributed by atoms with E-state index in [0.29, 0.717) is 0 Å². The minimum Gasteiger partial charge on any atom is -0.447 e. The van der Waals surface area contributed by atoms with Gasteiger partial charge in [-0.05, 0) is 30.0 Å². The zero-order chi connectivity index (χ0) is 23.6. The van der Waals surface area contributed by atoms with E-state index < -0.39 is 26.4 Å². The maximum absolute atomic E-state index is 13.2. The second kappa shape index (κ2) is 10.1. The van der Waals surface area contributed by atoms with E-state index in [4.69, 9.17) is 9.16 Å². The number of hydrogen-bond acceptors (Lipinski definition) is 5. The average Bonchev–Trinajstić information content (AvgIpc) is 3.03. The summed E-state index contributed by atoms with van der Waals surface area (Å²) in [5.41, 5.74) is 0. The molecule has 2 amide bonds. The minimum absolute atomic E-state index is 0.0502. The van der Waals surface area contributed by atoms with Gasteiger partial charge in [0.1, 0.15) is 6.61 Å². The van der Waals surface area contributed by atoms with Crippen molar-refractivity contribution in [3.8, 4) is 0 Å². The zero-order valence-electron chi connectivity index (χ0n) is 21.0. The molecule has 1 rings (SSSR count). The summed E-state index contributed by atoms with van der Waals surface area (Å²) in [5.74, 6) is -1.00. The van der Waals surface area contributed by atoms with Gasteiger partial charge in [-0.3, -0.25) is 4.79 Å². The van der Waals surface area contributed by atoms with Gasteiger partial charge in [-0.2, -0.15) is 0 Å². The summed E-state index contributed by atoms with van der Waals surface area (Å²) in [6.07, 6.45) is -0.761. The number of carbonyl (C=O) groups excluding carboxylic acids is 2. The first kappa shape index (κ1) is 27.1. The van der Waals surface area contributed by atoms with Crippen LogP contribution < -0.4 is 0 Å². The fourth-order valence-corrected chi connectivity index (χ4v) is 5.17. The van der Waals surface area contributed by atoms with E-state index >= 15 is 0 Å². The fraction of sp³-hybridized carbons (Fsp3) is 0.913. The number of carbonyl (C=O) groups is 2. The Kier molecular flexibility index (Phi) is 9.16. The molecule has 30 heavy (non-hydrogen) atoms. The highest BCUT2D eigenvalue weighted by Gasteiger charge is 2.46. The van der Waals surface area contributed by atoms with Crippen LogP contribution >= 0.6 is 0 Å². The first-order chi connectivity index (χ1) is 13.6. The molecule has 0 radical (unpaired) electrons. The number of amides is 2. The van der Waals surface area contributed by atoms with Crippen LogP contribution in [0.4, 0.5) is 4.79 Å². The Labute approximate surface area is 184 Å². The van der Waals surface area contributed by atoms with Gasteiger partial charge in [0.05, 0.1) is 24.2 Å². The number of aliphatic hydroxyl groups is 1. The van der Waals surface area contributed by atoms with Crippen LogP contribution in [0.2, 0.25) is 18.1 Å². The Morgan fingerprint density at radius 2 is 1.77 bits per heavy atom. The molecule has 1 fully saturated rings. The highest BCUT2D eigenvalue weighted by Crippen LogP contribution is 2.40. The standard InChI is InChI=1S/C23H45NO5Si/c1-12-15(4)20(29-30(10,11)23(7,8)9)16(5)19(25)17(6)21(26)24-18(14(2)3)13-28-22(24)27/h14-20,25H,12-13H2,1-11H3/t15-,16+,17-,18+,19+,20+/m0/s1. The lowest BCUT2D eigenvalue weighted by Crippen LogP contribution is -2.52. The van der Waals surface area contributed by atoms with E-state index in [2.05, 4.69) is 47.7 Å². The summed E-state index contributed by atoms with van der Waals surface area (Å²) in [4.78, 5) is 26.6. The summed E-state index contributed by atoms with van der Waals surface area (Å²) in [6, 6.07) is -0.288. The van der Waals surface area contributed by atoms with Crippen molar-refractivity contribution in [3.63, 3.8) is 0 Å². The largest absolute Gasteiger partial charge is 0.447 e. The molecule has 6 atom stereocenters. The van der Waals surface area contributed by atoms with Gasteiger partial charge in [0.2, 0.25) is 5.91 Å². The van der Waals surface area contributed by atoms with Crippen LogP contribution in [0, 0.1) is 23.7 Å². The fourth-order valence-electron chi connectivity index (χ4n) is 3.69. The normalized spacial score (nSPS) is 23.2. The highest BCUT2D eigenvalue weighted by molar-refractivity contribution is 6.74. The lowest BCUT2D eigenvalue weighted by atomic mass is 9.83. The molecule has 1 saturated heterocycles. The molecule has 6 nitrogen and oxygen atoms in total. The summed E-state index contributed by atoms with van der Waals surface area (Å²) in [7, 11) is -2.06. The summed E-state index contributed by atoms with van der Waals surface area (Å²) in [6.45, 7) is 23.1. The van der Waals surface area contributed by atoms with Gasteiger partial charge < -0.3 is 14.3 Å². The number of hydrogen-bond donors (Lipinski definition) is 1. The summed E-state index contributed by atoms with van der Waals surface area (Å²) in [5, 5.41) is 11.2. The van der Waals surface area contributed by atoms with Crippen LogP contribution in [0.3, 0.4) is 0 Å². The molecule has 0 aliphatic carbocycles. The van der Waals surface area contributed by atoms with Crippen LogP contribution in [0.15, 0.2) is 0 Å². The highest BCUT2D eigenvalue weighted by atomic mass is 28.4. The third kappa shape index (κ3) is 5.86. The topological polar surface area (TPSA) is 76.1 Å². The number of ether oxygens (including phenoxy) is 1. The lowest BCUT2D eigenvalue weighted by Gasteiger charge is -2.44. The second-order valence-electron chi connectivity index (χ2n) is 11.0. The predicted molar refractivity (Wildman–Crippen MR) is 123 cm³/mol. The maximum Gasteiger partial charge on any atom is 0.416 e. The summed E-state index contributed by atoms with van der Waals surface area (Å²) < 4.78 is 11.9. The first-order valence-corrected chi connectivity index (χ1v) is 14.3. The number of aliphatic hydroxyl groups excluding tert-OH is 1. The van der Waals surface area contributed by atoms with Crippen molar-refractivity contribution in [1.82, 2.24) is 4.90 Å². The van der Waals surface area contributed by atoms with E-state index in [1.165, 1.54) is 4.90 Å². The van der Waals surface area contributed by atoms with Crippen molar-refractivity contribution < 1.29 is 23.9 Å². The van der Waals surface area contributed by atoms with Crippen LogP contribution in [0.1, 0.15) is 68.7 Å². The van der Waals surface area contributed by atoms with Gasteiger partial charge in [-0.25, -0.2) is 9.69 Å². The average molecular weight is 444 g/mol. The molecule has 0 aromatic rings. The van der Waals surface area contributed by atoms with Gasteiger partial charge in [0, 0.05) is 5.92 Å². The lowest BCUT2D eigenvalue weighted by molar-refractivity contribution is -0.139. The molecule has 0 spiro atoms. The van der Waals surface area contributed by atoms with Gasteiger partial charge in [-0.15, -0.1) is 0 Å². The van der Waals surface area contributed by atoms with Gasteiger partial charge >= 0.3 is 6.09 Å². The first-order valence-electron chi connectivity index (χ1n) is 11.4. The van der Waals surface area contributed by atoms with Gasteiger partial charge in [-0.1, -0.05) is 68.7 Å². The van der Waals surface area contributed by atoms with E-state index in [0.717, 1.165) is 6.42 Å². The van der Waals surface area contributed by atoms with E-state index in [1.807, 2.05) is 20.8 Å². The van der Waals surface area contributed by atoms with E-state index in [9.17, 15) is 14.7 Å². The molecule has 0 aromatic heterocycles.